The first-order valence-corrected chi connectivity index (χ1v) is 5.40. The van der Waals surface area contributed by atoms with Gasteiger partial charge in [0.15, 0.2) is 5.43 Å². The summed E-state index contributed by atoms with van der Waals surface area (Å²) in [7, 11) is 0. The molecule has 1 aromatic rings. The number of amides is 1. The summed E-state index contributed by atoms with van der Waals surface area (Å²) in [6.45, 7) is 5.97. The highest BCUT2D eigenvalue weighted by molar-refractivity contribution is 5.94. The summed E-state index contributed by atoms with van der Waals surface area (Å²) in [6.07, 6.45) is 2.45. The Kier molecular flexibility index (Phi) is 2.37. The first-order chi connectivity index (χ1) is 7.40. The van der Waals surface area contributed by atoms with Crippen molar-refractivity contribution in [3.63, 3.8) is 0 Å². The lowest BCUT2D eigenvalue weighted by Gasteiger charge is -2.06. The molecule has 16 heavy (non-hydrogen) atoms. The molecule has 4 heteroatoms. The number of aryl methyl sites for hydroxylation is 1. The number of aromatic amines is 1. The molecule has 2 rings (SSSR count). The van der Waals surface area contributed by atoms with Crippen molar-refractivity contribution in [3.05, 3.63) is 33.7 Å². The van der Waals surface area contributed by atoms with Crippen LogP contribution in [-0.2, 0) is 0 Å². The molecule has 86 valence electrons. The minimum absolute atomic E-state index is 0.174. The maximum atomic E-state index is 11.8. The van der Waals surface area contributed by atoms with Gasteiger partial charge in [0.2, 0.25) is 0 Å². The Morgan fingerprint density at radius 1 is 1.56 bits per heavy atom. The van der Waals surface area contributed by atoms with Gasteiger partial charge in [0.25, 0.3) is 5.91 Å². The lowest BCUT2D eigenvalue weighted by molar-refractivity contribution is 0.0945. The van der Waals surface area contributed by atoms with Gasteiger partial charge in [-0.25, -0.2) is 0 Å². The highest BCUT2D eigenvalue weighted by Crippen LogP contribution is 2.44. The number of carbonyl (C=O) groups excluding carboxylic acids is 1. The maximum Gasteiger partial charge on any atom is 0.256 e. The summed E-state index contributed by atoms with van der Waals surface area (Å²) in [6, 6.07) is 1.63. The van der Waals surface area contributed by atoms with Crippen LogP contribution in [0.3, 0.4) is 0 Å². The smallest absolute Gasteiger partial charge is 0.256 e. The van der Waals surface area contributed by atoms with Crippen LogP contribution in [-0.4, -0.2) is 16.9 Å². The first-order valence-electron chi connectivity index (χ1n) is 5.40. The molecule has 1 heterocycles. The third kappa shape index (κ3) is 2.01. The highest BCUT2D eigenvalue weighted by atomic mass is 16.2. The predicted molar refractivity (Wildman–Crippen MR) is 61.5 cm³/mol. The molecule has 1 aromatic heterocycles. The number of hydrogen-bond donors (Lipinski definition) is 2. The van der Waals surface area contributed by atoms with E-state index in [1.54, 1.807) is 6.92 Å². The Labute approximate surface area is 94.1 Å². The van der Waals surface area contributed by atoms with Crippen LogP contribution in [0.5, 0.6) is 0 Å². The molecule has 2 N–H and O–H groups in total. The Morgan fingerprint density at radius 2 is 2.19 bits per heavy atom. The predicted octanol–water partition coefficient (Wildman–Crippen LogP) is 1.21. The molecule has 1 aliphatic carbocycles. The zero-order chi connectivity index (χ0) is 11.9. The van der Waals surface area contributed by atoms with Crippen molar-refractivity contribution in [3.8, 4) is 0 Å². The van der Waals surface area contributed by atoms with Gasteiger partial charge in [0.1, 0.15) is 5.56 Å². The molecule has 1 fully saturated rings. The van der Waals surface area contributed by atoms with Crippen LogP contribution in [0.25, 0.3) is 0 Å². The number of pyridine rings is 1. The van der Waals surface area contributed by atoms with Gasteiger partial charge in [0.05, 0.1) is 0 Å². The van der Waals surface area contributed by atoms with Gasteiger partial charge in [0, 0.05) is 24.0 Å². The topological polar surface area (TPSA) is 62.0 Å². The lowest BCUT2D eigenvalue weighted by atomic mass is 10.2. The molecule has 0 aliphatic heterocycles. The molecule has 1 aliphatic rings. The number of rotatable bonds is 2. The summed E-state index contributed by atoms with van der Waals surface area (Å²) in [5.74, 6) is -0.281. The second-order valence-electron chi connectivity index (χ2n) is 5.11. The molecule has 0 saturated heterocycles. The average Bonchev–Trinajstić information content (AvgIpc) is 2.72. The molecular formula is C12H16N2O2. The number of carbonyl (C=O) groups is 1. The van der Waals surface area contributed by atoms with Crippen molar-refractivity contribution in [1.29, 1.82) is 0 Å². The summed E-state index contributed by atoms with van der Waals surface area (Å²) in [4.78, 5) is 26.2. The van der Waals surface area contributed by atoms with Crippen LogP contribution in [0.15, 0.2) is 17.1 Å². The van der Waals surface area contributed by atoms with E-state index in [9.17, 15) is 9.59 Å². The summed E-state index contributed by atoms with van der Waals surface area (Å²) in [5, 5.41) is 2.86. The Hall–Kier alpha value is -1.58. The van der Waals surface area contributed by atoms with E-state index in [1.807, 2.05) is 0 Å². The highest BCUT2D eigenvalue weighted by Gasteiger charge is 2.46. The van der Waals surface area contributed by atoms with Crippen molar-refractivity contribution in [2.75, 3.05) is 0 Å². The molecule has 0 spiro atoms. The Morgan fingerprint density at radius 3 is 2.69 bits per heavy atom. The van der Waals surface area contributed by atoms with Gasteiger partial charge >= 0.3 is 0 Å². The third-order valence-corrected chi connectivity index (χ3v) is 3.12. The standard InChI is InChI=1S/C12H16N2O2/c1-7-4-9(15)8(6-13-7)11(16)14-10-5-12(10,2)3/h4,6,10H,5H2,1-3H3,(H,13,15)(H,14,16). The fourth-order valence-corrected chi connectivity index (χ4v) is 1.70. The van der Waals surface area contributed by atoms with Gasteiger partial charge in [-0.05, 0) is 18.8 Å². The van der Waals surface area contributed by atoms with E-state index < -0.39 is 0 Å². The number of aromatic nitrogens is 1. The fourth-order valence-electron chi connectivity index (χ4n) is 1.70. The van der Waals surface area contributed by atoms with Crippen LogP contribution in [0.4, 0.5) is 0 Å². The van der Waals surface area contributed by atoms with Crippen molar-refractivity contribution in [2.45, 2.75) is 33.2 Å². The van der Waals surface area contributed by atoms with Crippen molar-refractivity contribution in [1.82, 2.24) is 10.3 Å². The first kappa shape index (κ1) is 10.9. The van der Waals surface area contributed by atoms with Crippen molar-refractivity contribution < 1.29 is 4.79 Å². The molecule has 4 nitrogen and oxygen atoms in total. The van der Waals surface area contributed by atoms with E-state index in [4.69, 9.17) is 0 Å². The third-order valence-electron chi connectivity index (χ3n) is 3.12. The van der Waals surface area contributed by atoms with Gasteiger partial charge < -0.3 is 10.3 Å². The largest absolute Gasteiger partial charge is 0.364 e. The maximum absolute atomic E-state index is 11.8. The second-order valence-corrected chi connectivity index (χ2v) is 5.11. The summed E-state index contributed by atoms with van der Waals surface area (Å²) < 4.78 is 0. The number of H-pyrrole nitrogens is 1. The fraction of sp³-hybridized carbons (Fsp3) is 0.500. The zero-order valence-corrected chi connectivity index (χ0v) is 9.76. The normalized spacial score (nSPS) is 21.6. The SMILES string of the molecule is Cc1cc(=O)c(C(=O)NC2CC2(C)C)c[nH]1. The minimum Gasteiger partial charge on any atom is -0.364 e. The van der Waals surface area contributed by atoms with Crippen LogP contribution < -0.4 is 10.7 Å². The zero-order valence-electron chi connectivity index (χ0n) is 9.76. The van der Waals surface area contributed by atoms with Gasteiger partial charge in [-0.3, -0.25) is 9.59 Å². The van der Waals surface area contributed by atoms with Crippen molar-refractivity contribution >= 4 is 5.91 Å². The number of nitrogens with one attached hydrogen (secondary N) is 2. The van der Waals surface area contributed by atoms with E-state index in [0.717, 1.165) is 12.1 Å². The Balaban J connectivity index is 2.13. The molecule has 0 aromatic carbocycles. The average molecular weight is 220 g/mol. The lowest BCUT2D eigenvalue weighted by Crippen LogP contribution is -2.32. The van der Waals surface area contributed by atoms with E-state index in [1.165, 1.54) is 12.3 Å². The van der Waals surface area contributed by atoms with E-state index in [-0.39, 0.29) is 28.4 Å². The van der Waals surface area contributed by atoms with Gasteiger partial charge in [-0.2, -0.15) is 0 Å². The summed E-state index contributed by atoms with van der Waals surface area (Å²) >= 11 is 0. The Bertz CT molecular complexity index is 488. The second kappa shape index (κ2) is 3.47. The van der Waals surface area contributed by atoms with Crippen LogP contribution >= 0.6 is 0 Å². The minimum atomic E-state index is -0.281. The molecule has 1 unspecified atom stereocenters. The molecule has 1 atom stereocenters. The van der Waals surface area contributed by atoms with Gasteiger partial charge in [-0.1, -0.05) is 13.8 Å². The molecule has 0 bridgehead atoms. The van der Waals surface area contributed by atoms with Crippen LogP contribution in [0.1, 0.15) is 36.3 Å². The molecule has 0 radical (unpaired) electrons. The van der Waals surface area contributed by atoms with Gasteiger partial charge in [-0.15, -0.1) is 0 Å². The molecule has 1 amide bonds. The van der Waals surface area contributed by atoms with E-state index >= 15 is 0 Å². The summed E-state index contributed by atoms with van der Waals surface area (Å²) in [5.41, 5.74) is 0.890. The number of hydrogen-bond acceptors (Lipinski definition) is 2. The molecule has 1 saturated carbocycles. The van der Waals surface area contributed by atoms with Crippen LogP contribution in [0, 0.1) is 12.3 Å². The van der Waals surface area contributed by atoms with Crippen LogP contribution in [0.2, 0.25) is 0 Å². The van der Waals surface area contributed by atoms with E-state index in [0.29, 0.717) is 0 Å². The van der Waals surface area contributed by atoms with E-state index in [2.05, 4.69) is 24.1 Å². The molecular weight excluding hydrogens is 204 g/mol. The van der Waals surface area contributed by atoms with Crippen molar-refractivity contribution in [2.24, 2.45) is 5.41 Å². The monoisotopic (exact) mass is 220 g/mol. The quantitative estimate of drug-likeness (QED) is 0.787.